The highest BCUT2D eigenvalue weighted by Crippen LogP contribution is 2.30. The zero-order valence-corrected chi connectivity index (χ0v) is 10.9. The first kappa shape index (κ1) is 13.0. The van der Waals surface area contributed by atoms with E-state index in [9.17, 15) is 4.79 Å². The highest BCUT2D eigenvalue weighted by molar-refractivity contribution is 5.94. The van der Waals surface area contributed by atoms with Crippen LogP contribution in [0.1, 0.15) is 42.2 Å². The van der Waals surface area contributed by atoms with Gasteiger partial charge in [-0.05, 0) is 30.4 Å². The van der Waals surface area contributed by atoms with Crippen molar-refractivity contribution in [2.75, 3.05) is 6.54 Å². The van der Waals surface area contributed by atoms with Crippen molar-refractivity contribution in [3.05, 3.63) is 29.6 Å². The average Bonchev–Trinajstić information content (AvgIpc) is 2.81. The molecule has 4 heteroatoms. The number of nitrogens with two attached hydrogens (primary N) is 1. The topological polar surface area (TPSA) is 68.0 Å². The lowest BCUT2D eigenvalue weighted by atomic mass is 9.98. The van der Waals surface area contributed by atoms with E-state index < -0.39 is 0 Å². The lowest BCUT2D eigenvalue weighted by Gasteiger charge is -2.15. The van der Waals surface area contributed by atoms with Gasteiger partial charge < -0.3 is 11.1 Å². The van der Waals surface area contributed by atoms with E-state index in [0.717, 1.165) is 18.2 Å². The van der Waals surface area contributed by atoms with Crippen molar-refractivity contribution in [3.63, 3.8) is 0 Å². The first-order valence-electron chi connectivity index (χ1n) is 6.64. The normalized spacial score (nSPS) is 23.0. The molecule has 0 aromatic carbocycles. The van der Waals surface area contributed by atoms with Gasteiger partial charge in [0.25, 0.3) is 5.91 Å². The molecule has 1 fully saturated rings. The summed E-state index contributed by atoms with van der Waals surface area (Å²) in [5, 5.41) is 3.02. The van der Waals surface area contributed by atoms with Crippen LogP contribution < -0.4 is 11.1 Å². The van der Waals surface area contributed by atoms with Crippen LogP contribution in [-0.2, 0) is 6.54 Å². The second-order valence-electron chi connectivity index (χ2n) is 5.12. The Morgan fingerprint density at radius 3 is 3.06 bits per heavy atom. The first-order chi connectivity index (χ1) is 8.70. The number of hydrogen-bond acceptors (Lipinski definition) is 3. The molecule has 3 N–H and O–H groups in total. The van der Waals surface area contributed by atoms with Crippen molar-refractivity contribution >= 4 is 5.91 Å². The Hall–Kier alpha value is -1.42. The Bertz CT molecular complexity index is 419. The molecule has 0 saturated heterocycles. The summed E-state index contributed by atoms with van der Waals surface area (Å²) in [5.41, 5.74) is 6.91. The van der Waals surface area contributed by atoms with E-state index >= 15 is 0 Å². The fourth-order valence-electron chi connectivity index (χ4n) is 2.58. The summed E-state index contributed by atoms with van der Waals surface area (Å²) in [7, 11) is 0. The zero-order valence-electron chi connectivity index (χ0n) is 10.9. The van der Waals surface area contributed by atoms with Gasteiger partial charge in [-0.2, -0.15) is 0 Å². The summed E-state index contributed by atoms with van der Waals surface area (Å²) in [6.07, 6.45) is 5.43. The van der Waals surface area contributed by atoms with Gasteiger partial charge in [-0.1, -0.05) is 19.8 Å². The number of hydrogen-bond donors (Lipinski definition) is 2. The van der Waals surface area contributed by atoms with Crippen LogP contribution in [0.2, 0.25) is 0 Å². The SMILES string of the molecule is CC1CCCC1CNC(=O)c1ccnc(CN)c1. The van der Waals surface area contributed by atoms with E-state index in [2.05, 4.69) is 17.2 Å². The van der Waals surface area contributed by atoms with Crippen LogP contribution in [0.4, 0.5) is 0 Å². The van der Waals surface area contributed by atoms with Crippen molar-refractivity contribution in [1.29, 1.82) is 0 Å². The number of aromatic nitrogens is 1. The molecule has 2 rings (SSSR count). The fraction of sp³-hybridized carbons (Fsp3) is 0.571. The van der Waals surface area contributed by atoms with E-state index in [4.69, 9.17) is 5.73 Å². The van der Waals surface area contributed by atoms with Crippen molar-refractivity contribution in [2.24, 2.45) is 17.6 Å². The Labute approximate surface area is 108 Å². The fourth-order valence-corrected chi connectivity index (χ4v) is 2.58. The summed E-state index contributed by atoms with van der Waals surface area (Å²) in [4.78, 5) is 16.1. The standard InChI is InChI=1S/C14H21N3O/c1-10-3-2-4-12(10)9-17-14(18)11-5-6-16-13(7-11)8-15/h5-7,10,12H,2-4,8-9,15H2,1H3,(H,17,18). The highest BCUT2D eigenvalue weighted by Gasteiger charge is 2.23. The smallest absolute Gasteiger partial charge is 0.251 e. The van der Waals surface area contributed by atoms with Gasteiger partial charge in [-0.25, -0.2) is 0 Å². The van der Waals surface area contributed by atoms with Crippen LogP contribution in [0.3, 0.4) is 0 Å². The third kappa shape index (κ3) is 3.07. The minimum atomic E-state index is -0.0220. The highest BCUT2D eigenvalue weighted by atomic mass is 16.1. The van der Waals surface area contributed by atoms with Crippen LogP contribution in [0.15, 0.2) is 18.3 Å². The molecule has 1 amide bonds. The number of nitrogens with one attached hydrogen (secondary N) is 1. The summed E-state index contributed by atoms with van der Waals surface area (Å²) in [6.45, 7) is 3.41. The summed E-state index contributed by atoms with van der Waals surface area (Å²) in [6, 6.07) is 3.49. The minimum absolute atomic E-state index is 0.0220. The molecular formula is C14H21N3O. The molecule has 1 saturated carbocycles. The van der Waals surface area contributed by atoms with Crippen molar-refractivity contribution < 1.29 is 4.79 Å². The molecule has 1 heterocycles. The number of amides is 1. The molecule has 0 radical (unpaired) electrons. The quantitative estimate of drug-likeness (QED) is 0.851. The molecule has 2 atom stereocenters. The summed E-state index contributed by atoms with van der Waals surface area (Å²) < 4.78 is 0. The van der Waals surface area contributed by atoms with Gasteiger partial charge in [0.2, 0.25) is 0 Å². The maximum atomic E-state index is 12.0. The van der Waals surface area contributed by atoms with E-state index in [-0.39, 0.29) is 5.91 Å². The van der Waals surface area contributed by atoms with E-state index in [1.54, 1.807) is 18.3 Å². The van der Waals surface area contributed by atoms with Gasteiger partial charge in [0.05, 0.1) is 5.69 Å². The van der Waals surface area contributed by atoms with Crippen LogP contribution in [0.5, 0.6) is 0 Å². The summed E-state index contributed by atoms with van der Waals surface area (Å²) in [5.74, 6) is 1.33. The third-order valence-electron chi connectivity index (χ3n) is 3.85. The summed E-state index contributed by atoms with van der Waals surface area (Å²) >= 11 is 0. The monoisotopic (exact) mass is 247 g/mol. The predicted molar refractivity (Wildman–Crippen MR) is 71.0 cm³/mol. The van der Waals surface area contributed by atoms with Crippen LogP contribution in [0.25, 0.3) is 0 Å². The Morgan fingerprint density at radius 2 is 2.39 bits per heavy atom. The zero-order chi connectivity index (χ0) is 13.0. The Balaban J connectivity index is 1.90. The van der Waals surface area contributed by atoms with E-state index in [1.165, 1.54) is 19.3 Å². The number of carbonyl (C=O) groups is 1. The van der Waals surface area contributed by atoms with Gasteiger partial charge in [-0.15, -0.1) is 0 Å². The molecule has 2 unspecified atom stereocenters. The molecule has 1 aromatic heterocycles. The first-order valence-corrected chi connectivity index (χ1v) is 6.64. The number of carbonyl (C=O) groups excluding carboxylic acids is 1. The molecule has 18 heavy (non-hydrogen) atoms. The van der Waals surface area contributed by atoms with Gasteiger partial charge >= 0.3 is 0 Å². The third-order valence-corrected chi connectivity index (χ3v) is 3.85. The van der Waals surface area contributed by atoms with Crippen LogP contribution in [-0.4, -0.2) is 17.4 Å². The largest absolute Gasteiger partial charge is 0.352 e. The molecule has 0 aliphatic heterocycles. The molecule has 1 aromatic rings. The van der Waals surface area contributed by atoms with Crippen LogP contribution >= 0.6 is 0 Å². The lowest BCUT2D eigenvalue weighted by molar-refractivity contribution is 0.0944. The van der Waals surface area contributed by atoms with Crippen LogP contribution in [0, 0.1) is 11.8 Å². The van der Waals surface area contributed by atoms with Crippen molar-refractivity contribution in [3.8, 4) is 0 Å². The van der Waals surface area contributed by atoms with Crippen molar-refractivity contribution in [2.45, 2.75) is 32.7 Å². The van der Waals surface area contributed by atoms with Gasteiger partial charge in [-0.3, -0.25) is 9.78 Å². The minimum Gasteiger partial charge on any atom is -0.352 e. The predicted octanol–water partition coefficient (Wildman–Crippen LogP) is 1.71. The molecule has 1 aliphatic rings. The molecule has 98 valence electrons. The second-order valence-corrected chi connectivity index (χ2v) is 5.12. The van der Waals surface area contributed by atoms with E-state index in [0.29, 0.717) is 18.0 Å². The van der Waals surface area contributed by atoms with Gasteiger partial charge in [0, 0.05) is 24.8 Å². The number of rotatable bonds is 4. The molecule has 0 spiro atoms. The Kier molecular flexibility index (Phi) is 4.31. The van der Waals surface area contributed by atoms with Crippen molar-refractivity contribution in [1.82, 2.24) is 10.3 Å². The lowest BCUT2D eigenvalue weighted by Crippen LogP contribution is -2.30. The number of pyridine rings is 1. The molecule has 4 nitrogen and oxygen atoms in total. The van der Waals surface area contributed by atoms with Gasteiger partial charge in [0.15, 0.2) is 0 Å². The molecular weight excluding hydrogens is 226 g/mol. The average molecular weight is 247 g/mol. The maximum Gasteiger partial charge on any atom is 0.251 e. The number of nitrogens with zero attached hydrogens (tertiary/aromatic N) is 1. The Morgan fingerprint density at radius 1 is 1.56 bits per heavy atom. The molecule has 0 bridgehead atoms. The molecule has 1 aliphatic carbocycles. The second kappa shape index (κ2) is 5.96. The van der Waals surface area contributed by atoms with Gasteiger partial charge in [0.1, 0.15) is 0 Å². The maximum absolute atomic E-state index is 12.0. The van der Waals surface area contributed by atoms with E-state index in [1.807, 2.05) is 0 Å².